The molecule has 1 atom stereocenters. The first-order chi connectivity index (χ1) is 11.0. The molecule has 0 saturated heterocycles. The third-order valence-corrected chi connectivity index (χ3v) is 4.49. The van der Waals surface area contributed by atoms with Gasteiger partial charge >= 0.3 is 6.09 Å². The van der Waals surface area contributed by atoms with Gasteiger partial charge in [-0.05, 0) is 47.6 Å². The van der Waals surface area contributed by atoms with Crippen LogP contribution in [0, 0.1) is 0 Å². The fraction of sp³-hybridized carbons (Fsp3) is 0.444. The van der Waals surface area contributed by atoms with E-state index in [1.807, 2.05) is 65.8 Å². The fourth-order valence-electron chi connectivity index (χ4n) is 2.03. The quantitative estimate of drug-likeness (QED) is 0.600. The Balaban J connectivity index is 2.43. The summed E-state index contributed by atoms with van der Waals surface area (Å²) in [5, 5.41) is 0.859. The maximum atomic E-state index is 12.4. The standard InChI is InChI=1S/C18H24N2O3S/c1-17(2,3)23-16(21)20-12-13(11-19-24(22)18(4,5)6)14-9-7-8-10-15(14)20/h7-12H,1-6H3/t24-/m0/s1. The number of para-hydroxylation sites is 1. The predicted octanol–water partition coefficient (Wildman–Crippen LogP) is 4.31. The van der Waals surface area contributed by atoms with Crippen molar-refractivity contribution in [3.05, 3.63) is 36.0 Å². The van der Waals surface area contributed by atoms with E-state index in [0.29, 0.717) is 0 Å². The van der Waals surface area contributed by atoms with Crippen LogP contribution in [0.1, 0.15) is 47.1 Å². The Kier molecular flexibility index (Phi) is 5.11. The molecule has 2 rings (SSSR count). The topological polar surface area (TPSA) is 66.7 Å². The fourth-order valence-corrected chi connectivity index (χ4v) is 2.56. The van der Waals surface area contributed by atoms with E-state index in [9.17, 15) is 9.35 Å². The molecule has 0 saturated carbocycles. The number of carbonyl (C=O) groups excluding carboxylic acids is 1. The highest BCUT2D eigenvalue weighted by Crippen LogP contribution is 2.23. The van der Waals surface area contributed by atoms with E-state index in [0.717, 1.165) is 16.5 Å². The Morgan fingerprint density at radius 3 is 2.42 bits per heavy atom. The van der Waals surface area contributed by atoms with Crippen LogP contribution in [0.3, 0.4) is 0 Å². The maximum Gasteiger partial charge on any atom is 0.419 e. The summed E-state index contributed by atoms with van der Waals surface area (Å²) in [5.74, 6) is 0. The van der Waals surface area contributed by atoms with E-state index >= 15 is 0 Å². The number of rotatable bonds is 2. The molecule has 1 aromatic heterocycles. The number of aromatic nitrogens is 1. The maximum absolute atomic E-state index is 12.4. The molecule has 0 aliphatic rings. The molecule has 0 aliphatic carbocycles. The molecule has 0 spiro atoms. The van der Waals surface area contributed by atoms with Crippen LogP contribution in [0.15, 0.2) is 34.9 Å². The summed E-state index contributed by atoms with van der Waals surface area (Å²) in [6.45, 7) is 11.1. The smallest absolute Gasteiger partial charge is 0.419 e. The van der Waals surface area contributed by atoms with Crippen molar-refractivity contribution in [3.63, 3.8) is 0 Å². The predicted molar refractivity (Wildman–Crippen MR) is 99.1 cm³/mol. The van der Waals surface area contributed by atoms with Crippen LogP contribution >= 0.6 is 0 Å². The number of benzene rings is 1. The van der Waals surface area contributed by atoms with E-state index in [4.69, 9.17) is 4.74 Å². The van der Waals surface area contributed by atoms with Crippen LogP contribution in [-0.2, 0) is 16.1 Å². The minimum absolute atomic E-state index is 0.431. The number of fused-ring (bicyclic) bond motifs is 1. The molecule has 5 nitrogen and oxygen atoms in total. The average Bonchev–Trinajstić information content (AvgIpc) is 2.81. The molecule has 0 unspecified atom stereocenters. The molecule has 0 radical (unpaired) electrons. The third-order valence-electron chi connectivity index (χ3n) is 3.14. The molecule has 0 bridgehead atoms. The molecule has 0 amide bonds. The number of carbonyl (C=O) groups is 1. The van der Waals surface area contributed by atoms with Gasteiger partial charge in [-0.2, -0.15) is 0 Å². The molecule has 6 heteroatoms. The summed E-state index contributed by atoms with van der Waals surface area (Å²) in [6.07, 6.45) is 2.78. The summed E-state index contributed by atoms with van der Waals surface area (Å²) < 4.78 is 22.7. The Morgan fingerprint density at radius 1 is 1.21 bits per heavy atom. The summed E-state index contributed by atoms with van der Waals surface area (Å²) in [7, 11) is 0. The largest absolute Gasteiger partial charge is 0.591 e. The lowest BCUT2D eigenvalue weighted by atomic mass is 10.2. The van der Waals surface area contributed by atoms with Gasteiger partial charge in [0.2, 0.25) is 0 Å². The summed E-state index contributed by atoms with van der Waals surface area (Å²) in [4.78, 5) is 12.4. The van der Waals surface area contributed by atoms with Crippen LogP contribution in [0.5, 0.6) is 0 Å². The number of hydrogen-bond donors (Lipinski definition) is 0. The van der Waals surface area contributed by atoms with Gasteiger partial charge in [-0.3, -0.25) is 4.57 Å². The van der Waals surface area contributed by atoms with E-state index in [-0.39, 0.29) is 0 Å². The first kappa shape index (κ1) is 18.5. The highest BCUT2D eigenvalue weighted by atomic mass is 32.2. The van der Waals surface area contributed by atoms with Crippen LogP contribution in [0.2, 0.25) is 0 Å². The van der Waals surface area contributed by atoms with Crippen LogP contribution in [-0.4, -0.2) is 31.8 Å². The molecule has 0 fully saturated rings. The lowest BCUT2D eigenvalue weighted by molar-refractivity contribution is 0.0544. The molecular weight excluding hydrogens is 324 g/mol. The van der Waals surface area contributed by atoms with Crippen molar-refractivity contribution < 1.29 is 14.1 Å². The lowest BCUT2D eigenvalue weighted by Crippen LogP contribution is -2.26. The van der Waals surface area contributed by atoms with Gasteiger partial charge in [-0.1, -0.05) is 22.6 Å². The molecule has 130 valence electrons. The Hall–Kier alpha value is -1.79. The Labute approximate surface area is 146 Å². The van der Waals surface area contributed by atoms with Crippen molar-refractivity contribution in [2.75, 3.05) is 0 Å². The van der Waals surface area contributed by atoms with Gasteiger partial charge in [-0.15, -0.1) is 0 Å². The Morgan fingerprint density at radius 2 is 1.83 bits per heavy atom. The first-order valence-corrected chi connectivity index (χ1v) is 8.89. The van der Waals surface area contributed by atoms with Crippen molar-refractivity contribution in [3.8, 4) is 0 Å². The minimum atomic E-state index is -1.35. The zero-order valence-electron chi connectivity index (χ0n) is 15.0. The highest BCUT2D eigenvalue weighted by Gasteiger charge is 2.26. The van der Waals surface area contributed by atoms with Gasteiger partial charge in [0.1, 0.15) is 21.7 Å². The first-order valence-electron chi connectivity index (χ1n) is 7.78. The highest BCUT2D eigenvalue weighted by molar-refractivity contribution is 7.91. The molecule has 0 N–H and O–H groups in total. The molecule has 24 heavy (non-hydrogen) atoms. The van der Waals surface area contributed by atoms with Gasteiger partial charge in [0.05, 0.1) is 11.7 Å². The second-order valence-corrected chi connectivity index (χ2v) is 9.48. The summed E-state index contributed by atoms with van der Waals surface area (Å²) in [6, 6.07) is 7.49. The molecule has 1 heterocycles. The second-order valence-electron chi connectivity index (χ2n) is 7.55. The van der Waals surface area contributed by atoms with Gasteiger partial charge in [0.25, 0.3) is 0 Å². The minimum Gasteiger partial charge on any atom is -0.591 e. The van der Waals surface area contributed by atoms with Gasteiger partial charge < -0.3 is 9.29 Å². The van der Waals surface area contributed by atoms with Gasteiger partial charge in [0, 0.05) is 17.1 Å². The number of hydrogen-bond acceptors (Lipinski definition) is 4. The van der Waals surface area contributed by atoms with Crippen molar-refractivity contribution in [1.29, 1.82) is 0 Å². The lowest BCUT2D eigenvalue weighted by Gasteiger charge is -2.19. The zero-order chi connectivity index (χ0) is 18.1. The second kappa shape index (κ2) is 6.61. The van der Waals surface area contributed by atoms with Gasteiger partial charge in [-0.25, -0.2) is 4.79 Å². The summed E-state index contributed by atoms with van der Waals surface area (Å²) in [5.41, 5.74) is 0.883. The SMILES string of the molecule is CC(C)(C)OC(=O)n1cc(C=N[S@@+]([O-])C(C)(C)C)c2ccccc21. The van der Waals surface area contributed by atoms with Crippen LogP contribution in [0.25, 0.3) is 10.9 Å². The van der Waals surface area contributed by atoms with Crippen molar-refractivity contribution >= 4 is 34.6 Å². The zero-order valence-corrected chi connectivity index (χ0v) is 15.8. The molecular formula is C18H24N2O3S. The normalized spacial score (nSPS) is 14.3. The molecule has 0 aliphatic heterocycles. The van der Waals surface area contributed by atoms with Crippen molar-refractivity contribution in [1.82, 2.24) is 4.57 Å². The van der Waals surface area contributed by atoms with E-state index in [2.05, 4.69) is 4.40 Å². The summed E-state index contributed by atoms with van der Waals surface area (Å²) >= 11 is -1.35. The van der Waals surface area contributed by atoms with E-state index in [1.165, 1.54) is 4.57 Å². The van der Waals surface area contributed by atoms with E-state index < -0.39 is 27.8 Å². The average molecular weight is 348 g/mol. The third kappa shape index (κ3) is 4.39. The molecule has 1 aromatic carbocycles. The number of ether oxygens (including phenoxy) is 1. The van der Waals surface area contributed by atoms with Crippen molar-refractivity contribution in [2.45, 2.75) is 51.9 Å². The van der Waals surface area contributed by atoms with E-state index in [1.54, 1.807) is 12.4 Å². The van der Waals surface area contributed by atoms with Crippen molar-refractivity contribution in [2.24, 2.45) is 4.40 Å². The number of nitrogens with zero attached hydrogens (tertiary/aromatic N) is 2. The van der Waals surface area contributed by atoms with Crippen LogP contribution in [0.4, 0.5) is 4.79 Å². The monoisotopic (exact) mass is 348 g/mol. The Bertz CT molecular complexity index is 767. The van der Waals surface area contributed by atoms with Crippen LogP contribution < -0.4 is 0 Å². The van der Waals surface area contributed by atoms with Gasteiger partial charge in [0.15, 0.2) is 0 Å². The molecule has 2 aromatic rings.